The van der Waals surface area contributed by atoms with Gasteiger partial charge in [-0.05, 0) is 0 Å². The van der Waals surface area contributed by atoms with Gasteiger partial charge in [-0.1, -0.05) is 70.6 Å². The second kappa shape index (κ2) is 1.10. The first-order valence-corrected chi connectivity index (χ1v) is 7.85. The normalized spacial score (nSPS) is 91.2. The molecule has 0 aromatic carbocycles. The van der Waals surface area contributed by atoms with E-state index in [1.807, 2.05) is 0 Å². The highest BCUT2D eigenvalue weighted by Gasteiger charge is 3.06. The highest BCUT2D eigenvalue weighted by atomic mass is 32.4. The highest BCUT2D eigenvalue weighted by molar-refractivity contribution is 8.79. The molecular formula is C4S6. The smallest absolute Gasteiger partial charge is 0.0979 e. The Labute approximate surface area is 83.5 Å². The molecule has 4 spiro atoms. The van der Waals surface area contributed by atoms with Crippen molar-refractivity contribution in [2.45, 2.75) is 13.6 Å². The SMILES string of the molecule is S1C23SC45SC4(S2)SC13S5. The van der Waals surface area contributed by atoms with Gasteiger partial charge in [0.2, 0.25) is 0 Å². The van der Waals surface area contributed by atoms with Crippen molar-refractivity contribution in [1.82, 2.24) is 0 Å². The third-order valence-electron chi connectivity index (χ3n) is 2.28. The van der Waals surface area contributed by atoms with Gasteiger partial charge in [0.1, 0.15) is 13.6 Å². The van der Waals surface area contributed by atoms with Gasteiger partial charge in [-0.2, -0.15) is 0 Å². The zero-order chi connectivity index (χ0) is 6.24. The molecule has 0 nitrogen and oxygen atoms in total. The number of rotatable bonds is 0. The maximum Gasteiger partial charge on any atom is 0.147 e. The zero-order valence-corrected chi connectivity index (χ0v) is 9.35. The lowest BCUT2D eigenvalue weighted by molar-refractivity contribution is 1.41. The molecule has 0 aromatic rings. The molecule has 6 aliphatic rings. The summed E-state index contributed by atoms with van der Waals surface area (Å²) in [5.74, 6) is 0. The molecule has 0 N–H and O–H groups in total. The number of thioether (sulfide) groups is 6. The van der Waals surface area contributed by atoms with E-state index in [1.54, 1.807) is 0 Å². The van der Waals surface area contributed by atoms with E-state index in [2.05, 4.69) is 70.6 Å². The largest absolute Gasteiger partial charge is 0.147 e. The molecule has 0 unspecified atom stereocenters. The maximum atomic E-state index is 2.25. The van der Waals surface area contributed by atoms with Crippen LogP contribution in [0.4, 0.5) is 0 Å². The molecule has 6 heteroatoms. The monoisotopic (exact) mass is 240 g/mol. The third kappa shape index (κ3) is 0.308. The molecule has 6 aliphatic heterocycles. The average molecular weight is 240 g/mol. The van der Waals surface area contributed by atoms with Gasteiger partial charge in [-0.3, -0.25) is 0 Å². The Hall–Kier alpha value is 2.10. The van der Waals surface area contributed by atoms with Gasteiger partial charge in [0.15, 0.2) is 0 Å². The Bertz CT molecular complexity index is 230. The molecule has 6 fully saturated rings. The fourth-order valence-electron chi connectivity index (χ4n) is 1.76. The molecule has 0 radical (unpaired) electrons. The van der Waals surface area contributed by atoms with E-state index >= 15 is 0 Å². The lowest BCUT2D eigenvalue weighted by Crippen LogP contribution is -1.97. The van der Waals surface area contributed by atoms with Crippen LogP contribution >= 0.6 is 70.6 Å². The molecule has 4 bridgehead atoms. The van der Waals surface area contributed by atoms with Gasteiger partial charge in [0, 0.05) is 0 Å². The minimum Gasteiger partial charge on any atom is -0.0979 e. The van der Waals surface area contributed by atoms with Crippen LogP contribution in [0.2, 0.25) is 0 Å². The standard InChI is InChI=1S/C4S6/c5-1-2(5)9-3(7-1)4(6-3,8-1)10-2. The summed E-state index contributed by atoms with van der Waals surface area (Å²) in [5.41, 5.74) is 0. The summed E-state index contributed by atoms with van der Waals surface area (Å²) in [5, 5.41) is 0. The summed E-state index contributed by atoms with van der Waals surface area (Å²) in [4.78, 5) is 0. The first-order chi connectivity index (χ1) is 4.74. The predicted octanol–water partition coefficient (Wildman–Crippen LogP) is 3.07. The highest BCUT2D eigenvalue weighted by Crippen LogP contribution is 3.18. The van der Waals surface area contributed by atoms with Crippen molar-refractivity contribution in [2.75, 3.05) is 0 Å². The van der Waals surface area contributed by atoms with Crippen molar-refractivity contribution in [1.29, 1.82) is 0 Å². The minimum atomic E-state index is 0.646. The van der Waals surface area contributed by atoms with Crippen LogP contribution in [-0.4, -0.2) is 13.6 Å². The molecule has 0 atom stereocenters. The van der Waals surface area contributed by atoms with Crippen LogP contribution in [-0.2, 0) is 0 Å². The van der Waals surface area contributed by atoms with Crippen LogP contribution in [0, 0.1) is 0 Å². The van der Waals surface area contributed by atoms with Gasteiger partial charge in [0.25, 0.3) is 0 Å². The minimum absolute atomic E-state index is 0.646. The molecular weight excluding hydrogens is 240 g/mol. The van der Waals surface area contributed by atoms with Gasteiger partial charge in [-0.25, -0.2) is 0 Å². The Morgan fingerprint density at radius 1 is 0.400 bits per heavy atom. The molecule has 0 amide bonds. The van der Waals surface area contributed by atoms with E-state index in [0.717, 1.165) is 0 Å². The van der Waals surface area contributed by atoms with Crippen molar-refractivity contribution in [3.05, 3.63) is 0 Å². The zero-order valence-electron chi connectivity index (χ0n) is 4.45. The van der Waals surface area contributed by atoms with Crippen LogP contribution in [0.15, 0.2) is 0 Å². The molecule has 0 saturated carbocycles. The van der Waals surface area contributed by atoms with Crippen molar-refractivity contribution in [3.8, 4) is 0 Å². The predicted molar refractivity (Wildman–Crippen MR) is 56.5 cm³/mol. The Balaban J connectivity index is 2.02. The maximum absolute atomic E-state index is 2.25. The van der Waals surface area contributed by atoms with Crippen LogP contribution in [0.3, 0.4) is 0 Å². The second-order valence-corrected chi connectivity index (χ2v) is 14.5. The molecule has 0 aromatic heterocycles. The summed E-state index contributed by atoms with van der Waals surface area (Å²) in [6.07, 6.45) is 0. The summed E-state index contributed by atoms with van der Waals surface area (Å²) in [6, 6.07) is 0. The third-order valence-corrected chi connectivity index (χ3v) is 16.8. The van der Waals surface area contributed by atoms with Crippen LogP contribution in [0.1, 0.15) is 0 Å². The average Bonchev–Trinajstić information content (AvgIpc) is 2.35. The topological polar surface area (TPSA) is 0 Å². The fourth-order valence-corrected chi connectivity index (χ4v) is 22.6. The van der Waals surface area contributed by atoms with E-state index in [-0.39, 0.29) is 0 Å². The quantitative estimate of drug-likeness (QED) is 0.593. The lowest BCUT2D eigenvalue weighted by Gasteiger charge is -2.00. The summed E-state index contributed by atoms with van der Waals surface area (Å²) in [7, 11) is 0. The van der Waals surface area contributed by atoms with Gasteiger partial charge in [-0.15, -0.1) is 0 Å². The van der Waals surface area contributed by atoms with E-state index in [4.69, 9.17) is 0 Å². The van der Waals surface area contributed by atoms with E-state index in [9.17, 15) is 0 Å². The fraction of sp³-hybridized carbons (Fsp3) is 1.00. The van der Waals surface area contributed by atoms with Crippen LogP contribution in [0.25, 0.3) is 0 Å². The van der Waals surface area contributed by atoms with Crippen molar-refractivity contribution in [2.24, 2.45) is 0 Å². The first-order valence-electron chi connectivity index (χ1n) is 2.95. The van der Waals surface area contributed by atoms with E-state index in [1.165, 1.54) is 0 Å². The van der Waals surface area contributed by atoms with Crippen LogP contribution in [0.5, 0.6) is 0 Å². The molecule has 6 rings (SSSR count). The molecule has 0 aliphatic carbocycles. The number of hydrogen-bond donors (Lipinski definition) is 0. The molecule has 6 heterocycles. The van der Waals surface area contributed by atoms with Crippen molar-refractivity contribution in [3.63, 3.8) is 0 Å². The summed E-state index contributed by atoms with van der Waals surface area (Å²) >= 11 is 13.4. The lowest BCUT2D eigenvalue weighted by atomic mass is 10.9. The van der Waals surface area contributed by atoms with Crippen LogP contribution < -0.4 is 0 Å². The van der Waals surface area contributed by atoms with Crippen molar-refractivity contribution < 1.29 is 0 Å². The Morgan fingerprint density at radius 3 is 0.700 bits per heavy atom. The Morgan fingerprint density at radius 2 is 0.600 bits per heavy atom. The van der Waals surface area contributed by atoms with Gasteiger partial charge in [0.05, 0.1) is 0 Å². The Kier molecular flexibility index (Phi) is 0.632. The molecule has 6 saturated heterocycles. The van der Waals surface area contributed by atoms with Gasteiger partial charge >= 0.3 is 0 Å². The molecule has 52 valence electrons. The number of hydrogen-bond acceptors (Lipinski definition) is 6. The van der Waals surface area contributed by atoms with E-state index in [0.29, 0.717) is 13.6 Å². The summed E-state index contributed by atoms with van der Waals surface area (Å²) < 4.78 is 2.59. The first kappa shape index (κ1) is 5.75. The second-order valence-electron chi connectivity index (χ2n) is 2.84. The molecule has 10 heavy (non-hydrogen) atoms. The van der Waals surface area contributed by atoms with E-state index < -0.39 is 0 Å². The van der Waals surface area contributed by atoms with Gasteiger partial charge < -0.3 is 0 Å². The van der Waals surface area contributed by atoms with Crippen molar-refractivity contribution >= 4 is 70.6 Å². The summed E-state index contributed by atoms with van der Waals surface area (Å²) in [6.45, 7) is 0.